The van der Waals surface area contributed by atoms with Crippen molar-refractivity contribution < 1.29 is 14.3 Å². The Morgan fingerprint density at radius 1 is 1.19 bits per heavy atom. The summed E-state index contributed by atoms with van der Waals surface area (Å²) >= 11 is 5.74. The molecule has 1 aliphatic heterocycles. The SMILES string of the molecule is CCOC(=O)c1[nH]c2ccc(OC)cc2c1NC(=S)N1CCC(Cc2ccccc2)CC1. The summed E-state index contributed by atoms with van der Waals surface area (Å²) in [7, 11) is 1.62. The summed E-state index contributed by atoms with van der Waals surface area (Å²) in [5.41, 5.74) is 3.21. The summed E-state index contributed by atoms with van der Waals surface area (Å²) in [4.78, 5) is 17.9. The van der Waals surface area contributed by atoms with Gasteiger partial charge in [0.15, 0.2) is 5.11 Å². The number of aromatic nitrogens is 1. The third kappa shape index (κ3) is 4.88. The Balaban J connectivity index is 1.48. The molecular formula is C25H29N3O3S. The minimum absolute atomic E-state index is 0.302. The topological polar surface area (TPSA) is 66.6 Å². The molecule has 0 atom stereocenters. The molecule has 2 aromatic carbocycles. The summed E-state index contributed by atoms with van der Waals surface area (Å²) in [6, 6.07) is 16.3. The monoisotopic (exact) mass is 451 g/mol. The van der Waals surface area contributed by atoms with Crippen LogP contribution in [0.4, 0.5) is 5.69 Å². The van der Waals surface area contributed by atoms with Crippen LogP contribution >= 0.6 is 12.2 Å². The van der Waals surface area contributed by atoms with Crippen molar-refractivity contribution in [3.8, 4) is 5.75 Å². The van der Waals surface area contributed by atoms with Crippen LogP contribution in [0.25, 0.3) is 10.9 Å². The molecule has 1 aliphatic rings. The molecule has 0 saturated carbocycles. The van der Waals surface area contributed by atoms with E-state index in [9.17, 15) is 4.79 Å². The largest absolute Gasteiger partial charge is 0.497 e. The maximum Gasteiger partial charge on any atom is 0.356 e. The van der Waals surface area contributed by atoms with Crippen LogP contribution in [-0.2, 0) is 11.2 Å². The first-order chi connectivity index (χ1) is 15.6. The number of esters is 1. The number of likely N-dealkylation sites (tertiary alicyclic amines) is 1. The lowest BCUT2D eigenvalue weighted by molar-refractivity contribution is 0.0522. The molecule has 1 fully saturated rings. The van der Waals surface area contributed by atoms with E-state index in [-0.39, 0.29) is 0 Å². The highest BCUT2D eigenvalue weighted by molar-refractivity contribution is 7.80. The number of hydrogen-bond acceptors (Lipinski definition) is 4. The normalized spacial score (nSPS) is 14.4. The van der Waals surface area contributed by atoms with Gasteiger partial charge in [0.25, 0.3) is 0 Å². The van der Waals surface area contributed by atoms with Gasteiger partial charge in [-0.15, -0.1) is 0 Å². The van der Waals surface area contributed by atoms with Crippen LogP contribution in [0, 0.1) is 5.92 Å². The predicted octanol–water partition coefficient (Wildman–Crippen LogP) is 5.00. The number of nitrogens with one attached hydrogen (secondary N) is 2. The van der Waals surface area contributed by atoms with Gasteiger partial charge in [0.2, 0.25) is 0 Å². The number of ether oxygens (including phenoxy) is 2. The minimum atomic E-state index is -0.408. The number of methoxy groups -OCH3 is 1. The Kier molecular flexibility index (Phi) is 6.95. The molecular weight excluding hydrogens is 422 g/mol. The number of benzene rings is 2. The molecule has 4 rings (SSSR count). The minimum Gasteiger partial charge on any atom is -0.497 e. The Morgan fingerprint density at radius 2 is 1.94 bits per heavy atom. The molecule has 0 spiro atoms. The molecule has 32 heavy (non-hydrogen) atoms. The smallest absolute Gasteiger partial charge is 0.356 e. The average Bonchev–Trinajstić information content (AvgIpc) is 3.18. The number of piperidine rings is 1. The second-order valence-electron chi connectivity index (χ2n) is 8.06. The molecule has 2 heterocycles. The van der Waals surface area contributed by atoms with Crippen molar-refractivity contribution in [2.45, 2.75) is 26.2 Å². The van der Waals surface area contributed by atoms with E-state index in [4.69, 9.17) is 21.7 Å². The fourth-order valence-electron chi connectivity index (χ4n) is 4.26. The molecule has 0 amide bonds. The number of carbonyl (C=O) groups excluding carboxylic acids is 1. The Labute approximate surface area is 193 Å². The van der Waals surface area contributed by atoms with E-state index < -0.39 is 5.97 Å². The standard InChI is InChI=1S/C25H29N3O3S/c1-3-31-24(29)23-22(20-16-19(30-2)9-10-21(20)26-23)27-25(32)28-13-11-18(12-14-28)15-17-7-5-4-6-8-17/h4-10,16,18,26H,3,11-15H2,1-2H3,(H,27,32). The number of carbonyl (C=O) groups is 1. The lowest BCUT2D eigenvalue weighted by Crippen LogP contribution is -2.41. The lowest BCUT2D eigenvalue weighted by atomic mass is 9.90. The number of anilines is 1. The Morgan fingerprint density at radius 3 is 2.62 bits per heavy atom. The number of hydrogen-bond donors (Lipinski definition) is 2. The van der Waals surface area contributed by atoms with Crippen molar-refractivity contribution in [2.75, 3.05) is 32.1 Å². The molecule has 1 aromatic heterocycles. The molecule has 6 nitrogen and oxygen atoms in total. The van der Waals surface area contributed by atoms with Gasteiger partial charge in [0.1, 0.15) is 11.4 Å². The van der Waals surface area contributed by atoms with E-state index in [1.165, 1.54) is 5.56 Å². The third-order valence-electron chi connectivity index (χ3n) is 5.99. The van der Waals surface area contributed by atoms with Crippen LogP contribution in [0.1, 0.15) is 35.8 Å². The van der Waals surface area contributed by atoms with Gasteiger partial charge in [-0.1, -0.05) is 30.3 Å². The van der Waals surface area contributed by atoms with Gasteiger partial charge in [-0.25, -0.2) is 4.79 Å². The van der Waals surface area contributed by atoms with Gasteiger partial charge in [-0.05, 0) is 68.1 Å². The number of rotatable bonds is 6. The molecule has 168 valence electrons. The van der Waals surface area contributed by atoms with Crippen molar-refractivity contribution in [1.82, 2.24) is 9.88 Å². The van der Waals surface area contributed by atoms with Crippen molar-refractivity contribution in [1.29, 1.82) is 0 Å². The third-order valence-corrected chi connectivity index (χ3v) is 6.35. The molecule has 0 aliphatic carbocycles. The predicted molar refractivity (Wildman–Crippen MR) is 131 cm³/mol. The second-order valence-corrected chi connectivity index (χ2v) is 8.44. The van der Waals surface area contributed by atoms with Crippen LogP contribution in [0.3, 0.4) is 0 Å². The lowest BCUT2D eigenvalue weighted by Gasteiger charge is -2.34. The van der Waals surface area contributed by atoms with E-state index >= 15 is 0 Å². The highest BCUT2D eigenvalue weighted by atomic mass is 32.1. The zero-order valence-corrected chi connectivity index (χ0v) is 19.3. The molecule has 2 N–H and O–H groups in total. The van der Waals surface area contributed by atoms with E-state index in [1.807, 2.05) is 18.2 Å². The molecule has 0 unspecified atom stereocenters. The highest BCUT2D eigenvalue weighted by Crippen LogP contribution is 2.32. The average molecular weight is 452 g/mol. The summed E-state index contributed by atoms with van der Waals surface area (Å²) in [5, 5.41) is 4.79. The first-order valence-corrected chi connectivity index (χ1v) is 11.5. The Bertz CT molecular complexity index is 1090. The van der Waals surface area contributed by atoms with Crippen molar-refractivity contribution >= 4 is 39.9 Å². The van der Waals surface area contributed by atoms with Gasteiger partial charge in [0, 0.05) is 24.0 Å². The molecule has 0 bridgehead atoms. The van der Waals surface area contributed by atoms with Gasteiger partial charge in [0.05, 0.1) is 19.4 Å². The van der Waals surface area contributed by atoms with Gasteiger partial charge in [-0.3, -0.25) is 0 Å². The summed E-state index contributed by atoms with van der Waals surface area (Å²) < 4.78 is 10.6. The maximum absolute atomic E-state index is 12.6. The van der Waals surface area contributed by atoms with Crippen molar-refractivity contribution in [2.24, 2.45) is 5.92 Å². The summed E-state index contributed by atoms with van der Waals surface area (Å²) in [6.45, 7) is 3.88. The number of H-pyrrole nitrogens is 1. The van der Waals surface area contributed by atoms with Crippen LogP contribution in [0.5, 0.6) is 5.75 Å². The fraction of sp³-hybridized carbons (Fsp3) is 0.360. The van der Waals surface area contributed by atoms with E-state index in [0.29, 0.717) is 34.8 Å². The van der Waals surface area contributed by atoms with E-state index in [2.05, 4.69) is 45.5 Å². The number of thiocarbonyl (C=S) groups is 1. The second kappa shape index (κ2) is 10.0. The summed E-state index contributed by atoms with van der Waals surface area (Å²) in [6.07, 6.45) is 3.27. The zero-order valence-electron chi connectivity index (χ0n) is 18.5. The number of nitrogens with zero attached hydrogens (tertiary/aromatic N) is 1. The zero-order chi connectivity index (χ0) is 22.5. The van der Waals surface area contributed by atoms with E-state index in [0.717, 1.165) is 43.3 Å². The van der Waals surface area contributed by atoms with Gasteiger partial charge >= 0.3 is 5.97 Å². The molecule has 1 saturated heterocycles. The van der Waals surface area contributed by atoms with E-state index in [1.54, 1.807) is 14.0 Å². The van der Waals surface area contributed by atoms with Crippen LogP contribution in [-0.4, -0.2) is 47.8 Å². The van der Waals surface area contributed by atoms with Crippen LogP contribution in [0.2, 0.25) is 0 Å². The van der Waals surface area contributed by atoms with Crippen LogP contribution < -0.4 is 10.1 Å². The molecule has 0 radical (unpaired) electrons. The summed E-state index contributed by atoms with van der Waals surface area (Å²) in [5.74, 6) is 0.959. The Hall–Kier alpha value is -3.06. The number of fused-ring (bicyclic) bond motifs is 1. The maximum atomic E-state index is 12.6. The molecule has 7 heteroatoms. The molecule has 3 aromatic rings. The highest BCUT2D eigenvalue weighted by Gasteiger charge is 2.25. The quantitative estimate of drug-likeness (QED) is 0.406. The first-order valence-electron chi connectivity index (χ1n) is 11.1. The fourth-order valence-corrected chi connectivity index (χ4v) is 4.54. The van der Waals surface area contributed by atoms with Crippen molar-refractivity contribution in [3.63, 3.8) is 0 Å². The van der Waals surface area contributed by atoms with Crippen LogP contribution in [0.15, 0.2) is 48.5 Å². The van der Waals surface area contributed by atoms with Gasteiger partial charge in [-0.2, -0.15) is 0 Å². The first kappa shape index (κ1) is 22.1. The number of aromatic amines is 1. The van der Waals surface area contributed by atoms with Gasteiger partial charge < -0.3 is 24.7 Å². The van der Waals surface area contributed by atoms with Crippen molar-refractivity contribution in [3.05, 3.63) is 59.8 Å².